The Kier molecular flexibility index (Phi) is 4.20. The number of amides is 1. The smallest absolute Gasteiger partial charge is 0.410 e. The molecule has 2 rings (SSSR count). The van der Waals surface area contributed by atoms with Gasteiger partial charge >= 0.3 is 12.1 Å². The molecule has 1 N–H and O–H groups in total. The summed E-state index contributed by atoms with van der Waals surface area (Å²) in [7, 11) is 1.39. The number of carbonyl (C=O) groups excluding carboxylic acids is 2. The van der Waals surface area contributed by atoms with Gasteiger partial charge in [-0.3, -0.25) is 10.1 Å². The average molecular weight is 302 g/mol. The molecule has 2 atom stereocenters. The minimum atomic E-state index is -0.488. The molecule has 20 heavy (non-hydrogen) atoms. The Hall–Kier alpha value is -0.950. The molecule has 0 aromatic carbocycles. The van der Waals surface area contributed by atoms with E-state index < -0.39 is 5.60 Å². The largest absolute Gasteiger partial charge is 0.468 e. The van der Waals surface area contributed by atoms with Crippen molar-refractivity contribution in [2.24, 2.45) is 0 Å². The number of rotatable bonds is 1. The van der Waals surface area contributed by atoms with Crippen molar-refractivity contribution in [2.45, 2.75) is 43.7 Å². The quantitative estimate of drug-likeness (QED) is 0.734. The van der Waals surface area contributed by atoms with E-state index in [1.807, 2.05) is 20.8 Å². The number of likely N-dealkylation sites (tertiary alicyclic amines) is 1. The van der Waals surface area contributed by atoms with Gasteiger partial charge in [0.15, 0.2) is 0 Å². The van der Waals surface area contributed by atoms with E-state index in [2.05, 4.69) is 5.32 Å². The molecule has 2 saturated heterocycles. The molecular weight excluding hydrogens is 280 g/mol. The standard InChI is InChI=1S/C13H22N2O4S/c1-12(2,3)19-11(17)15-6-5-13(8-15)14-9(7-20-13)10(16)18-4/h9,14H,5-8H2,1-4H3/t9-,13?/m0/s1. The van der Waals surface area contributed by atoms with Crippen LogP contribution in [0.1, 0.15) is 27.2 Å². The van der Waals surface area contributed by atoms with Gasteiger partial charge in [-0.25, -0.2) is 4.79 Å². The second-order valence-corrected chi connectivity index (χ2v) is 7.58. The molecule has 7 heteroatoms. The van der Waals surface area contributed by atoms with Crippen molar-refractivity contribution >= 4 is 23.8 Å². The normalized spacial score (nSPS) is 29.8. The van der Waals surface area contributed by atoms with Gasteiger partial charge in [-0.1, -0.05) is 0 Å². The Morgan fingerprint density at radius 2 is 2.10 bits per heavy atom. The zero-order chi connectivity index (χ0) is 15.0. The lowest BCUT2D eigenvalue weighted by Gasteiger charge is -2.26. The van der Waals surface area contributed by atoms with Crippen LogP contribution in [0.4, 0.5) is 4.79 Å². The molecule has 0 aromatic heterocycles. The molecule has 0 aromatic rings. The first-order valence-corrected chi connectivity index (χ1v) is 7.71. The molecule has 1 spiro atoms. The molecule has 1 unspecified atom stereocenters. The predicted molar refractivity (Wildman–Crippen MR) is 76.6 cm³/mol. The van der Waals surface area contributed by atoms with Crippen molar-refractivity contribution in [1.29, 1.82) is 0 Å². The molecule has 1 amide bonds. The van der Waals surface area contributed by atoms with E-state index in [1.54, 1.807) is 16.7 Å². The van der Waals surface area contributed by atoms with Gasteiger partial charge in [0.05, 0.1) is 18.5 Å². The Morgan fingerprint density at radius 1 is 1.40 bits per heavy atom. The highest BCUT2D eigenvalue weighted by molar-refractivity contribution is 8.01. The number of methoxy groups -OCH3 is 1. The number of hydrogen-bond donors (Lipinski definition) is 1. The van der Waals surface area contributed by atoms with Gasteiger partial charge in [0.1, 0.15) is 11.6 Å². The maximum atomic E-state index is 12.0. The number of carbonyl (C=O) groups is 2. The lowest BCUT2D eigenvalue weighted by Crippen LogP contribution is -2.48. The topological polar surface area (TPSA) is 67.9 Å². The maximum absolute atomic E-state index is 12.0. The number of nitrogens with one attached hydrogen (secondary N) is 1. The lowest BCUT2D eigenvalue weighted by atomic mass is 10.2. The number of thioether (sulfide) groups is 1. The minimum absolute atomic E-state index is 0.240. The summed E-state index contributed by atoms with van der Waals surface area (Å²) in [6.45, 7) is 6.76. The summed E-state index contributed by atoms with van der Waals surface area (Å²) in [5.74, 6) is 0.430. The van der Waals surface area contributed by atoms with Gasteiger partial charge in [0.2, 0.25) is 0 Å². The maximum Gasteiger partial charge on any atom is 0.410 e. The van der Waals surface area contributed by atoms with Gasteiger partial charge in [0, 0.05) is 12.3 Å². The molecule has 114 valence electrons. The SMILES string of the molecule is COC(=O)[C@@H]1CSC2(CCN(C(=O)OC(C)(C)C)C2)N1. The first-order chi connectivity index (χ1) is 9.25. The molecule has 2 fully saturated rings. The minimum Gasteiger partial charge on any atom is -0.468 e. The molecule has 6 nitrogen and oxygen atoms in total. The molecule has 0 aliphatic carbocycles. The highest BCUT2D eigenvalue weighted by atomic mass is 32.2. The third-order valence-corrected chi connectivity index (χ3v) is 4.84. The van der Waals surface area contributed by atoms with Crippen molar-refractivity contribution in [2.75, 3.05) is 26.0 Å². The number of esters is 1. The molecule has 0 saturated carbocycles. The van der Waals surface area contributed by atoms with Gasteiger partial charge in [-0.05, 0) is 27.2 Å². The number of hydrogen-bond acceptors (Lipinski definition) is 6. The fourth-order valence-corrected chi connectivity index (χ4v) is 3.83. The van der Waals surface area contributed by atoms with Crippen LogP contribution in [0.5, 0.6) is 0 Å². The van der Waals surface area contributed by atoms with Crippen molar-refractivity contribution in [1.82, 2.24) is 10.2 Å². The van der Waals surface area contributed by atoms with E-state index in [-0.39, 0.29) is 23.0 Å². The highest BCUT2D eigenvalue weighted by Crippen LogP contribution is 2.38. The highest BCUT2D eigenvalue weighted by Gasteiger charge is 2.48. The van der Waals surface area contributed by atoms with Crippen LogP contribution in [0, 0.1) is 0 Å². The van der Waals surface area contributed by atoms with Gasteiger partial charge in [0.25, 0.3) is 0 Å². The van der Waals surface area contributed by atoms with Crippen LogP contribution in [-0.4, -0.2) is 59.4 Å². The van der Waals surface area contributed by atoms with Crippen LogP contribution in [0.15, 0.2) is 0 Å². The zero-order valence-corrected chi connectivity index (χ0v) is 13.2. The zero-order valence-electron chi connectivity index (χ0n) is 12.4. The monoisotopic (exact) mass is 302 g/mol. The van der Waals surface area contributed by atoms with E-state index in [1.165, 1.54) is 7.11 Å². The van der Waals surface area contributed by atoms with E-state index in [0.29, 0.717) is 18.8 Å². The summed E-state index contributed by atoms with van der Waals surface area (Å²) in [4.78, 5) is 25.1. The second kappa shape index (κ2) is 5.44. The summed E-state index contributed by atoms with van der Waals surface area (Å²) in [5.41, 5.74) is -0.488. The molecule has 2 heterocycles. The summed E-state index contributed by atoms with van der Waals surface area (Å²) in [6.07, 6.45) is 0.517. The number of ether oxygens (including phenoxy) is 2. The first kappa shape index (κ1) is 15.4. The van der Waals surface area contributed by atoms with Crippen molar-refractivity contribution in [3.05, 3.63) is 0 Å². The van der Waals surface area contributed by atoms with Crippen LogP contribution in [-0.2, 0) is 14.3 Å². The van der Waals surface area contributed by atoms with Crippen LogP contribution in [0.2, 0.25) is 0 Å². The fourth-order valence-electron chi connectivity index (χ4n) is 2.41. The third-order valence-electron chi connectivity index (χ3n) is 3.33. The predicted octanol–water partition coefficient (Wildman–Crippen LogP) is 1.20. The molecule has 2 aliphatic rings. The Morgan fingerprint density at radius 3 is 2.70 bits per heavy atom. The van der Waals surface area contributed by atoms with Crippen molar-refractivity contribution in [3.8, 4) is 0 Å². The first-order valence-electron chi connectivity index (χ1n) is 6.72. The van der Waals surface area contributed by atoms with E-state index >= 15 is 0 Å². The molecule has 0 bridgehead atoms. The van der Waals surface area contributed by atoms with Crippen LogP contribution < -0.4 is 5.32 Å². The molecule has 0 radical (unpaired) electrons. The summed E-state index contributed by atoms with van der Waals surface area (Å²) in [6, 6.07) is -0.288. The second-order valence-electron chi connectivity index (χ2n) is 6.18. The van der Waals surface area contributed by atoms with Crippen molar-refractivity contribution in [3.63, 3.8) is 0 Å². The number of nitrogens with zero attached hydrogens (tertiary/aromatic N) is 1. The Balaban J connectivity index is 1.93. The average Bonchev–Trinajstić information content (AvgIpc) is 2.95. The van der Waals surface area contributed by atoms with Crippen LogP contribution >= 0.6 is 11.8 Å². The lowest BCUT2D eigenvalue weighted by molar-refractivity contribution is -0.142. The van der Waals surface area contributed by atoms with E-state index in [0.717, 1.165) is 6.42 Å². The van der Waals surface area contributed by atoms with Gasteiger partial charge in [-0.2, -0.15) is 0 Å². The van der Waals surface area contributed by atoms with E-state index in [9.17, 15) is 9.59 Å². The van der Waals surface area contributed by atoms with Crippen molar-refractivity contribution < 1.29 is 19.1 Å². The molecular formula is C13H22N2O4S. The van der Waals surface area contributed by atoms with Gasteiger partial charge < -0.3 is 14.4 Å². The summed E-state index contributed by atoms with van der Waals surface area (Å²) in [5, 5.41) is 3.30. The Bertz CT molecular complexity index is 410. The summed E-state index contributed by atoms with van der Waals surface area (Å²) >= 11 is 1.68. The van der Waals surface area contributed by atoms with Crippen LogP contribution in [0.3, 0.4) is 0 Å². The third kappa shape index (κ3) is 3.38. The van der Waals surface area contributed by atoms with E-state index in [4.69, 9.17) is 9.47 Å². The summed E-state index contributed by atoms with van der Waals surface area (Å²) < 4.78 is 10.1. The fraction of sp³-hybridized carbons (Fsp3) is 0.846. The Labute approximate surface area is 123 Å². The van der Waals surface area contributed by atoms with Gasteiger partial charge in [-0.15, -0.1) is 11.8 Å². The molecule has 2 aliphatic heterocycles. The van der Waals surface area contributed by atoms with Crippen LogP contribution in [0.25, 0.3) is 0 Å².